The molecular formula is C15H23N3O3. The number of aromatic nitrogens is 1. The average molecular weight is 293 g/mol. The van der Waals surface area contributed by atoms with Crippen LogP contribution >= 0.6 is 0 Å². The van der Waals surface area contributed by atoms with Gasteiger partial charge in [0.2, 0.25) is 11.8 Å². The monoisotopic (exact) mass is 293 g/mol. The van der Waals surface area contributed by atoms with Crippen molar-refractivity contribution in [2.75, 3.05) is 20.6 Å². The van der Waals surface area contributed by atoms with Crippen molar-refractivity contribution in [1.29, 1.82) is 0 Å². The number of hydrogen-bond donors (Lipinski definition) is 0. The van der Waals surface area contributed by atoms with Gasteiger partial charge >= 0.3 is 0 Å². The summed E-state index contributed by atoms with van der Waals surface area (Å²) in [5.74, 6) is 0.604. The molecule has 1 aliphatic rings. The lowest BCUT2D eigenvalue weighted by Crippen LogP contribution is -2.55. The molecule has 0 aliphatic carbocycles. The first-order valence-electron chi connectivity index (χ1n) is 7.21. The lowest BCUT2D eigenvalue weighted by atomic mass is 9.96. The maximum atomic E-state index is 12.6. The van der Waals surface area contributed by atoms with Crippen LogP contribution in [-0.2, 0) is 16.0 Å². The van der Waals surface area contributed by atoms with E-state index in [0.717, 1.165) is 17.7 Å². The molecule has 0 N–H and O–H groups in total. The molecule has 0 saturated carbocycles. The molecule has 1 aromatic rings. The van der Waals surface area contributed by atoms with Crippen molar-refractivity contribution in [3.63, 3.8) is 0 Å². The van der Waals surface area contributed by atoms with Crippen LogP contribution < -0.4 is 0 Å². The van der Waals surface area contributed by atoms with E-state index in [0.29, 0.717) is 18.7 Å². The number of carbonyl (C=O) groups is 2. The fraction of sp³-hybridized carbons (Fsp3) is 0.667. The predicted octanol–water partition coefficient (Wildman–Crippen LogP) is 1.30. The van der Waals surface area contributed by atoms with Crippen LogP contribution in [0, 0.1) is 13.8 Å². The van der Waals surface area contributed by atoms with Gasteiger partial charge in [0.05, 0.1) is 12.1 Å². The second-order valence-electron chi connectivity index (χ2n) is 6.10. The fourth-order valence-electron chi connectivity index (χ4n) is 3.07. The van der Waals surface area contributed by atoms with E-state index in [1.54, 1.807) is 30.8 Å². The molecule has 1 aliphatic heterocycles. The largest absolute Gasteiger partial charge is 0.361 e. The SMILES string of the molecule is Cc1noc(C)c1CC(=O)N1CCC[C@]1(C)C(=O)N(C)C. The lowest BCUT2D eigenvalue weighted by molar-refractivity contribution is -0.148. The summed E-state index contributed by atoms with van der Waals surface area (Å²) in [4.78, 5) is 28.3. The Hall–Kier alpha value is -1.85. The van der Waals surface area contributed by atoms with Crippen LogP contribution in [0.5, 0.6) is 0 Å². The van der Waals surface area contributed by atoms with Gasteiger partial charge in [-0.15, -0.1) is 0 Å². The molecule has 2 rings (SSSR count). The summed E-state index contributed by atoms with van der Waals surface area (Å²) in [6.45, 7) is 6.11. The topological polar surface area (TPSA) is 66.7 Å². The zero-order valence-electron chi connectivity index (χ0n) is 13.4. The number of amides is 2. The molecule has 116 valence electrons. The number of rotatable bonds is 3. The van der Waals surface area contributed by atoms with E-state index in [2.05, 4.69) is 5.16 Å². The summed E-state index contributed by atoms with van der Waals surface area (Å²) in [6.07, 6.45) is 1.79. The maximum absolute atomic E-state index is 12.6. The summed E-state index contributed by atoms with van der Waals surface area (Å²) in [5, 5.41) is 3.87. The molecule has 0 bridgehead atoms. The van der Waals surface area contributed by atoms with Gasteiger partial charge in [-0.2, -0.15) is 0 Å². The highest BCUT2D eigenvalue weighted by molar-refractivity contribution is 5.92. The summed E-state index contributed by atoms with van der Waals surface area (Å²) in [6, 6.07) is 0. The summed E-state index contributed by atoms with van der Waals surface area (Å²) >= 11 is 0. The molecule has 21 heavy (non-hydrogen) atoms. The van der Waals surface area contributed by atoms with Crippen LogP contribution in [0.3, 0.4) is 0 Å². The van der Waals surface area contributed by atoms with E-state index < -0.39 is 5.54 Å². The number of aryl methyl sites for hydroxylation is 2. The van der Waals surface area contributed by atoms with Crippen molar-refractivity contribution in [3.05, 3.63) is 17.0 Å². The van der Waals surface area contributed by atoms with Gasteiger partial charge in [-0.3, -0.25) is 9.59 Å². The highest BCUT2D eigenvalue weighted by atomic mass is 16.5. The van der Waals surface area contributed by atoms with E-state index in [9.17, 15) is 9.59 Å². The van der Waals surface area contributed by atoms with Gasteiger partial charge in [0.25, 0.3) is 0 Å². The molecule has 2 heterocycles. The first-order valence-corrected chi connectivity index (χ1v) is 7.21. The Bertz CT molecular complexity index is 545. The maximum Gasteiger partial charge on any atom is 0.247 e. The van der Waals surface area contributed by atoms with Crippen LogP contribution in [0.4, 0.5) is 0 Å². The third-order valence-electron chi connectivity index (χ3n) is 4.32. The van der Waals surface area contributed by atoms with Gasteiger partial charge in [-0.05, 0) is 33.6 Å². The molecule has 0 radical (unpaired) electrons. The second-order valence-corrected chi connectivity index (χ2v) is 6.10. The minimum atomic E-state index is -0.737. The van der Waals surface area contributed by atoms with Crippen LogP contribution in [-0.4, -0.2) is 52.9 Å². The molecule has 1 atom stereocenters. The molecule has 2 amide bonds. The van der Waals surface area contributed by atoms with Crippen molar-refractivity contribution in [2.45, 2.75) is 45.6 Å². The summed E-state index contributed by atoms with van der Waals surface area (Å²) in [7, 11) is 3.45. The minimum absolute atomic E-state index is 0.0212. The molecule has 1 fully saturated rings. The minimum Gasteiger partial charge on any atom is -0.361 e. The summed E-state index contributed by atoms with van der Waals surface area (Å²) in [5.41, 5.74) is 0.826. The number of likely N-dealkylation sites (N-methyl/N-ethyl adjacent to an activating group) is 1. The van der Waals surface area contributed by atoms with E-state index in [1.807, 2.05) is 13.8 Å². The Morgan fingerprint density at radius 1 is 1.38 bits per heavy atom. The molecule has 6 heteroatoms. The van der Waals surface area contributed by atoms with E-state index >= 15 is 0 Å². The smallest absolute Gasteiger partial charge is 0.247 e. The van der Waals surface area contributed by atoms with Crippen molar-refractivity contribution >= 4 is 11.8 Å². The van der Waals surface area contributed by atoms with Crippen LogP contribution in [0.25, 0.3) is 0 Å². The molecule has 0 unspecified atom stereocenters. The zero-order chi connectivity index (χ0) is 15.8. The average Bonchev–Trinajstić information content (AvgIpc) is 2.96. The standard InChI is InChI=1S/C15H23N3O3/c1-10-12(11(2)21-16-10)9-13(19)18-8-6-7-15(18,3)14(20)17(4)5/h6-9H2,1-5H3/t15-/m1/s1. The summed E-state index contributed by atoms with van der Waals surface area (Å²) < 4.78 is 5.10. The van der Waals surface area contributed by atoms with Crippen LogP contribution in [0.15, 0.2) is 4.52 Å². The first-order chi connectivity index (χ1) is 9.77. The van der Waals surface area contributed by atoms with E-state index in [1.165, 1.54) is 0 Å². The quantitative estimate of drug-likeness (QED) is 0.842. The van der Waals surface area contributed by atoms with Gasteiger partial charge < -0.3 is 14.3 Å². The third kappa shape index (κ3) is 2.66. The van der Waals surface area contributed by atoms with Gasteiger partial charge in [-0.1, -0.05) is 5.16 Å². The zero-order valence-corrected chi connectivity index (χ0v) is 13.4. The number of carbonyl (C=O) groups excluding carboxylic acids is 2. The highest BCUT2D eigenvalue weighted by Crippen LogP contribution is 2.31. The third-order valence-corrected chi connectivity index (χ3v) is 4.32. The Labute approximate surface area is 125 Å². The van der Waals surface area contributed by atoms with Crippen LogP contribution in [0.1, 0.15) is 36.8 Å². The predicted molar refractivity (Wildman–Crippen MR) is 77.7 cm³/mol. The van der Waals surface area contributed by atoms with E-state index in [-0.39, 0.29) is 18.2 Å². The number of hydrogen-bond acceptors (Lipinski definition) is 4. The van der Waals surface area contributed by atoms with Crippen molar-refractivity contribution in [2.24, 2.45) is 0 Å². The first kappa shape index (κ1) is 15.5. The molecule has 1 saturated heterocycles. The molecule has 0 aromatic carbocycles. The highest BCUT2D eigenvalue weighted by Gasteiger charge is 2.46. The molecule has 6 nitrogen and oxygen atoms in total. The van der Waals surface area contributed by atoms with Gasteiger partial charge in [0, 0.05) is 26.2 Å². The Morgan fingerprint density at radius 3 is 2.57 bits per heavy atom. The molecule has 1 aromatic heterocycles. The normalized spacial score (nSPS) is 21.7. The Kier molecular flexibility index (Phi) is 4.07. The number of likely N-dealkylation sites (tertiary alicyclic amines) is 1. The Balaban J connectivity index is 2.20. The van der Waals surface area contributed by atoms with Gasteiger partial charge in [0.15, 0.2) is 0 Å². The molecular weight excluding hydrogens is 270 g/mol. The van der Waals surface area contributed by atoms with E-state index in [4.69, 9.17) is 4.52 Å². The van der Waals surface area contributed by atoms with Crippen molar-refractivity contribution in [3.8, 4) is 0 Å². The second kappa shape index (κ2) is 5.50. The molecule has 0 spiro atoms. The fourth-order valence-corrected chi connectivity index (χ4v) is 3.07. The lowest BCUT2D eigenvalue weighted by Gasteiger charge is -2.36. The Morgan fingerprint density at radius 2 is 2.05 bits per heavy atom. The van der Waals surface area contributed by atoms with Crippen LogP contribution in [0.2, 0.25) is 0 Å². The van der Waals surface area contributed by atoms with Gasteiger partial charge in [-0.25, -0.2) is 0 Å². The van der Waals surface area contributed by atoms with Crippen molar-refractivity contribution in [1.82, 2.24) is 15.0 Å². The number of nitrogens with zero attached hydrogens (tertiary/aromatic N) is 3. The van der Waals surface area contributed by atoms with Crippen molar-refractivity contribution < 1.29 is 14.1 Å². The van der Waals surface area contributed by atoms with Gasteiger partial charge in [0.1, 0.15) is 11.3 Å².